The second-order valence-electron chi connectivity index (χ2n) is 5.00. The maximum Gasteiger partial charge on any atom is 0.145 e. The summed E-state index contributed by atoms with van der Waals surface area (Å²) < 4.78 is 0. The SMILES string of the molecule is c1ccc2nc(NCc3ccc4[nH]ccc4c3)cnc2c1. The minimum absolute atomic E-state index is 0.730. The first-order valence-electron chi connectivity index (χ1n) is 6.90. The van der Waals surface area contributed by atoms with Crippen LogP contribution in [0.4, 0.5) is 5.82 Å². The molecule has 0 amide bonds. The smallest absolute Gasteiger partial charge is 0.145 e. The number of para-hydroxylation sites is 2. The Kier molecular flexibility index (Phi) is 2.78. The Hall–Kier alpha value is -2.88. The summed E-state index contributed by atoms with van der Waals surface area (Å²) in [6.07, 6.45) is 3.73. The van der Waals surface area contributed by atoms with Crippen LogP contribution in [0.1, 0.15) is 5.56 Å². The summed E-state index contributed by atoms with van der Waals surface area (Å²) in [4.78, 5) is 12.2. The highest BCUT2D eigenvalue weighted by molar-refractivity contribution is 5.80. The zero-order valence-corrected chi connectivity index (χ0v) is 11.4. The molecule has 21 heavy (non-hydrogen) atoms. The van der Waals surface area contributed by atoms with Crippen LogP contribution in [0, 0.1) is 0 Å². The molecule has 0 saturated heterocycles. The molecule has 0 fully saturated rings. The first-order valence-corrected chi connectivity index (χ1v) is 6.90. The molecular formula is C17H14N4. The number of hydrogen-bond donors (Lipinski definition) is 2. The zero-order chi connectivity index (χ0) is 14.1. The number of nitrogens with one attached hydrogen (secondary N) is 2. The fraction of sp³-hybridized carbons (Fsp3) is 0.0588. The number of aromatic amines is 1. The van der Waals surface area contributed by atoms with Gasteiger partial charge in [-0.2, -0.15) is 0 Å². The van der Waals surface area contributed by atoms with Crippen molar-refractivity contribution in [3.8, 4) is 0 Å². The lowest BCUT2D eigenvalue weighted by Gasteiger charge is -2.06. The van der Waals surface area contributed by atoms with Crippen molar-refractivity contribution in [2.75, 3.05) is 5.32 Å². The van der Waals surface area contributed by atoms with Gasteiger partial charge >= 0.3 is 0 Å². The predicted octanol–water partition coefficient (Wildman–Crippen LogP) is 3.72. The van der Waals surface area contributed by atoms with E-state index in [4.69, 9.17) is 0 Å². The molecule has 0 spiro atoms. The van der Waals surface area contributed by atoms with Gasteiger partial charge in [0.15, 0.2) is 0 Å². The van der Waals surface area contributed by atoms with Crippen molar-refractivity contribution in [1.29, 1.82) is 0 Å². The fourth-order valence-electron chi connectivity index (χ4n) is 2.45. The van der Waals surface area contributed by atoms with E-state index in [1.807, 2.05) is 30.5 Å². The molecule has 0 atom stereocenters. The van der Waals surface area contributed by atoms with E-state index in [0.29, 0.717) is 0 Å². The quantitative estimate of drug-likeness (QED) is 0.598. The van der Waals surface area contributed by atoms with Gasteiger partial charge in [-0.05, 0) is 41.3 Å². The van der Waals surface area contributed by atoms with Crippen LogP contribution in [0.15, 0.2) is 60.9 Å². The van der Waals surface area contributed by atoms with Gasteiger partial charge in [0.25, 0.3) is 0 Å². The summed E-state index contributed by atoms with van der Waals surface area (Å²) in [5.74, 6) is 0.794. The van der Waals surface area contributed by atoms with Crippen LogP contribution in [-0.2, 0) is 6.54 Å². The molecular weight excluding hydrogens is 260 g/mol. The lowest BCUT2D eigenvalue weighted by atomic mass is 10.1. The second-order valence-corrected chi connectivity index (χ2v) is 5.00. The van der Waals surface area contributed by atoms with Gasteiger partial charge in [-0.1, -0.05) is 18.2 Å². The minimum atomic E-state index is 0.730. The molecule has 2 aromatic heterocycles. The largest absolute Gasteiger partial charge is 0.365 e. The van der Waals surface area contributed by atoms with E-state index in [-0.39, 0.29) is 0 Å². The van der Waals surface area contributed by atoms with Gasteiger partial charge in [0, 0.05) is 18.3 Å². The Morgan fingerprint density at radius 2 is 1.90 bits per heavy atom. The molecule has 2 N–H and O–H groups in total. The molecule has 0 unspecified atom stereocenters. The second kappa shape index (κ2) is 4.90. The molecule has 4 nitrogen and oxygen atoms in total. The highest BCUT2D eigenvalue weighted by Crippen LogP contribution is 2.16. The topological polar surface area (TPSA) is 53.6 Å². The van der Waals surface area contributed by atoms with Gasteiger partial charge in [-0.3, -0.25) is 4.98 Å². The van der Waals surface area contributed by atoms with Crippen LogP contribution in [0.5, 0.6) is 0 Å². The van der Waals surface area contributed by atoms with Crippen LogP contribution >= 0.6 is 0 Å². The van der Waals surface area contributed by atoms with Crippen LogP contribution in [0.3, 0.4) is 0 Å². The molecule has 0 aliphatic heterocycles. The van der Waals surface area contributed by atoms with E-state index in [9.17, 15) is 0 Å². The summed E-state index contributed by atoms with van der Waals surface area (Å²) in [6.45, 7) is 0.730. The molecule has 102 valence electrons. The van der Waals surface area contributed by atoms with Crippen LogP contribution in [0.25, 0.3) is 21.9 Å². The van der Waals surface area contributed by atoms with Crippen molar-refractivity contribution < 1.29 is 0 Å². The van der Waals surface area contributed by atoms with Crippen molar-refractivity contribution >= 4 is 27.8 Å². The Morgan fingerprint density at radius 1 is 1.00 bits per heavy atom. The molecule has 4 rings (SSSR count). The molecule has 0 aliphatic carbocycles. The summed E-state index contributed by atoms with van der Waals surface area (Å²) >= 11 is 0. The van der Waals surface area contributed by atoms with E-state index >= 15 is 0 Å². The normalized spacial score (nSPS) is 11.0. The lowest BCUT2D eigenvalue weighted by Crippen LogP contribution is -2.02. The van der Waals surface area contributed by atoms with Crippen molar-refractivity contribution in [1.82, 2.24) is 15.0 Å². The van der Waals surface area contributed by atoms with E-state index in [1.165, 1.54) is 10.9 Å². The van der Waals surface area contributed by atoms with Crippen LogP contribution < -0.4 is 5.32 Å². The highest BCUT2D eigenvalue weighted by atomic mass is 15.0. The lowest BCUT2D eigenvalue weighted by molar-refractivity contribution is 1.11. The van der Waals surface area contributed by atoms with Gasteiger partial charge in [-0.15, -0.1) is 0 Å². The van der Waals surface area contributed by atoms with Gasteiger partial charge < -0.3 is 10.3 Å². The van der Waals surface area contributed by atoms with Gasteiger partial charge in [0.1, 0.15) is 5.82 Å². The summed E-state index contributed by atoms with van der Waals surface area (Å²) in [6, 6.07) is 16.3. The third-order valence-electron chi connectivity index (χ3n) is 3.54. The number of fused-ring (bicyclic) bond motifs is 2. The molecule has 0 radical (unpaired) electrons. The van der Waals surface area contributed by atoms with Crippen molar-refractivity contribution in [3.63, 3.8) is 0 Å². The van der Waals surface area contributed by atoms with E-state index in [1.54, 1.807) is 6.20 Å². The van der Waals surface area contributed by atoms with Crippen molar-refractivity contribution in [3.05, 3.63) is 66.5 Å². The summed E-state index contributed by atoms with van der Waals surface area (Å²) in [7, 11) is 0. The Morgan fingerprint density at radius 3 is 2.86 bits per heavy atom. The minimum Gasteiger partial charge on any atom is -0.365 e. The number of nitrogens with zero attached hydrogens (tertiary/aromatic N) is 2. The monoisotopic (exact) mass is 274 g/mol. The average Bonchev–Trinajstić information content (AvgIpc) is 3.00. The molecule has 4 aromatic rings. The maximum absolute atomic E-state index is 4.56. The van der Waals surface area contributed by atoms with E-state index in [2.05, 4.69) is 44.5 Å². The molecule has 4 heteroatoms. The summed E-state index contributed by atoms with van der Waals surface area (Å²) in [5.41, 5.74) is 4.20. The van der Waals surface area contributed by atoms with Crippen molar-refractivity contribution in [2.24, 2.45) is 0 Å². The first-order chi connectivity index (χ1) is 10.4. The Labute approximate surface area is 121 Å². The third kappa shape index (κ3) is 2.31. The standard InChI is InChI=1S/C17H14N4/c1-2-4-16-15(3-1)19-11-17(21-16)20-10-12-5-6-14-13(9-12)7-8-18-14/h1-9,11,18H,10H2,(H,20,21). The van der Waals surface area contributed by atoms with Crippen molar-refractivity contribution in [2.45, 2.75) is 6.54 Å². The Bertz CT molecular complexity index is 911. The number of rotatable bonds is 3. The zero-order valence-electron chi connectivity index (χ0n) is 11.4. The molecule has 2 heterocycles. The number of hydrogen-bond acceptors (Lipinski definition) is 3. The van der Waals surface area contributed by atoms with E-state index < -0.39 is 0 Å². The predicted molar refractivity (Wildman–Crippen MR) is 85.2 cm³/mol. The van der Waals surface area contributed by atoms with Gasteiger partial charge in [0.05, 0.1) is 17.2 Å². The van der Waals surface area contributed by atoms with Gasteiger partial charge in [0.2, 0.25) is 0 Å². The molecule has 2 aromatic carbocycles. The molecule has 0 aliphatic rings. The van der Waals surface area contributed by atoms with Gasteiger partial charge in [-0.25, -0.2) is 4.98 Å². The maximum atomic E-state index is 4.56. The van der Waals surface area contributed by atoms with E-state index in [0.717, 1.165) is 28.9 Å². The number of aromatic nitrogens is 3. The average molecular weight is 274 g/mol. The number of H-pyrrole nitrogens is 1. The van der Waals surface area contributed by atoms with Crippen LogP contribution in [0.2, 0.25) is 0 Å². The number of benzene rings is 2. The first kappa shape index (κ1) is 11.9. The highest BCUT2D eigenvalue weighted by Gasteiger charge is 2.00. The molecule has 0 saturated carbocycles. The summed E-state index contributed by atoms with van der Waals surface area (Å²) in [5, 5.41) is 4.55. The molecule has 0 bridgehead atoms. The Balaban J connectivity index is 1.56. The third-order valence-corrected chi connectivity index (χ3v) is 3.54. The fourth-order valence-corrected chi connectivity index (χ4v) is 2.45. The van der Waals surface area contributed by atoms with Crippen LogP contribution in [-0.4, -0.2) is 15.0 Å². The number of anilines is 1.